The molecule has 8 nitrogen and oxygen atoms in total. The first-order valence-corrected chi connectivity index (χ1v) is 10.7. The Hall–Kier alpha value is -4.03. The number of benzene rings is 3. The highest BCUT2D eigenvalue weighted by Gasteiger charge is 2.35. The van der Waals surface area contributed by atoms with Gasteiger partial charge in [0.25, 0.3) is 0 Å². The molecule has 1 aromatic heterocycles. The van der Waals surface area contributed by atoms with Crippen molar-refractivity contribution in [2.45, 2.75) is 5.92 Å². The predicted molar refractivity (Wildman–Crippen MR) is 128 cm³/mol. The molecule has 1 atom stereocenters. The third kappa shape index (κ3) is 3.18. The van der Waals surface area contributed by atoms with Crippen LogP contribution >= 0.6 is 15.9 Å². The van der Waals surface area contributed by atoms with Crippen molar-refractivity contribution in [2.75, 3.05) is 20.0 Å². The van der Waals surface area contributed by atoms with Gasteiger partial charge in [0.05, 0.1) is 52.4 Å². The molecular weight excluding hydrogens is 486 g/mol. The van der Waals surface area contributed by atoms with Gasteiger partial charge in [0, 0.05) is 5.56 Å². The number of allylic oxidation sites excluding steroid dienone is 1. The summed E-state index contributed by atoms with van der Waals surface area (Å²) in [5.74, 6) is 0.763. The van der Waals surface area contributed by atoms with E-state index in [1.807, 2.05) is 30.3 Å². The standard InChI is InChI=1S/C24H18BrN5O3/c1-31-18-8-11(7-13(25)22(18)32-2)19-12(10-26)24(28)33-23-14(27)9-17-21(20(19)23)30-16-6-4-3-5-15(16)29-17/h3-9,19H,27-28H2,1-2H3. The second-order valence-electron chi connectivity index (χ2n) is 7.45. The molecule has 0 saturated carbocycles. The van der Waals surface area contributed by atoms with Gasteiger partial charge >= 0.3 is 0 Å². The van der Waals surface area contributed by atoms with Crippen LogP contribution in [0.3, 0.4) is 0 Å². The maximum Gasteiger partial charge on any atom is 0.205 e. The Bertz CT molecular complexity index is 1530. The van der Waals surface area contributed by atoms with Crippen LogP contribution in [0.15, 0.2) is 58.4 Å². The lowest BCUT2D eigenvalue weighted by Gasteiger charge is -2.28. The number of hydrogen-bond acceptors (Lipinski definition) is 8. The van der Waals surface area contributed by atoms with Gasteiger partial charge in [-0.3, -0.25) is 0 Å². The Balaban J connectivity index is 1.89. The number of para-hydroxylation sites is 2. The Morgan fingerprint density at radius 1 is 1.03 bits per heavy atom. The first-order valence-electron chi connectivity index (χ1n) is 9.94. The fourth-order valence-corrected chi connectivity index (χ4v) is 4.80. The number of anilines is 1. The summed E-state index contributed by atoms with van der Waals surface area (Å²) in [4.78, 5) is 9.60. The minimum absolute atomic E-state index is 0.0132. The van der Waals surface area contributed by atoms with Crippen LogP contribution in [0.4, 0.5) is 5.69 Å². The molecule has 3 aromatic carbocycles. The highest BCUT2D eigenvalue weighted by Crippen LogP contribution is 2.50. The van der Waals surface area contributed by atoms with Crippen LogP contribution < -0.4 is 25.7 Å². The summed E-state index contributed by atoms with van der Waals surface area (Å²) in [6, 6.07) is 15.1. The van der Waals surface area contributed by atoms with Crippen molar-refractivity contribution in [1.82, 2.24) is 9.97 Å². The fourth-order valence-electron chi connectivity index (χ4n) is 4.18. The van der Waals surface area contributed by atoms with Gasteiger partial charge in [-0.05, 0) is 51.8 Å². The van der Waals surface area contributed by atoms with E-state index in [4.69, 9.17) is 35.6 Å². The zero-order valence-electron chi connectivity index (χ0n) is 17.7. The third-order valence-corrected chi connectivity index (χ3v) is 6.21. The van der Waals surface area contributed by atoms with Gasteiger partial charge in [0.15, 0.2) is 17.2 Å². The number of nitriles is 1. The molecule has 0 saturated heterocycles. The van der Waals surface area contributed by atoms with Crippen LogP contribution in [0.1, 0.15) is 17.0 Å². The average Bonchev–Trinajstić information content (AvgIpc) is 2.81. The molecule has 0 radical (unpaired) electrons. The Kier molecular flexibility index (Phi) is 4.95. The number of aromatic nitrogens is 2. The molecule has 2 heterocycles. The van der Waals surface area contributed by atoms with Crippen molar-refractivity contribution in [2.24, 2.45) is 5.73 Å². The summed E-state index contributed by atoms with van der Waals surface area (Å²) in [6.07, 6.45) is 0. The lowest BCUT2D eigenvalue weighted by atomic mass is 9.82. The number of fused-ring (bicyclic) bond motifs is 4. The van der Waals surface area contributed by atoms with Crippen molar-refractivity contribution in [3.05, 3.63) is 69.5 Å². The minimum Gasteiger partial charge on any atom is -0.493 e. The Morgan fingerprint density at radius 2 is 1.76 bits per heavy atom. The third-order valence-electron chi connectivity index (χ3n) is 5.62. The number of methoxy groups -OCH3 is 2. The van der Waals surface area contributed by atoms with Gasteiger partial charge in [-0.15, -0.1) is 0 Å². The topological polar surface area (TPSA) is 129 Å². The number of rotatable bonds is 3. The SMILES string of the molecule is COc1cc(C2C(C#N)=C(N)Oc3c(N)cc4nc5ccccc5nc4c32)cc(Br)c1OC. The van der Waals surface area contributed by atoms with Crippen LogP contribution in [-0.4, -0.2) is 24.2 Å². The van der Waals surface area contributed by atoms with Crippen molar-refractivity contribution >= 4 is 43.7 Å². The molecule has 0 bridgehead atoms. The molecule has 1 unspecified atom stereocenters. The van der Waals surface area contributed by atoms with E-state index in [9.17, 15) is 5.26 Å². The van der Waals surface area contributed by atoms with Crippen molar-refractivity contribution in [1.29, 1.82) is 5.26 Å². The summed E-state index contributed by atoms with van der Waals surface area (Å²) >= 11 is 3.54. The van der Waals surface area contributed by atoms with E-state index in [0.717, 1.165) is 11.1 Å². The monoisotopic (exact) mass is 503 g/mol. The van der Waals surface area contributed by atoms with Crippen LogP contribution in [0, 0.1) is 11.3 Å². The molecule has 1 aliphatic rings. The molecule has 0 amide bonds. The van der Waals surface area contributed by atoms with E-state index in [1.54, 1.807) is 26.4 Å². The summed E-state index contributed by atoms with van der Waals surface area (Å²) in [6.45, 7) is 0. The number of hydrogen-bond donors (Lipinski definition) is 2. The highest BCUT2D eigenvalue weighted by atomic mass is 79.9. The van der Waals surface area contributed by atoms with Gasteiger partial charge in [0.2, 0.25) is 5.88 Å². The van der Waals surface area contributed by atoms with Crippen LogP contribution in [0.25, 0.3) is 22.1 Å². The maximum absolute atomic E-state index is 10.0. The lowest BCUT2D eigenvalue weighted by molar-refractivity contribution is 0.352. The van der Waals surface area contributed by atoms with Gasteiger partial charge < -0.3 is 25.7 Å². The molecule has 5 rings (SSSR count). The molecule has 0 aliphatic carbocycles. The molecule has 9 heteroatoms. The first kappa shape index (κ1) is 20.8. The quantitative estimate of drug-likeness (QED) is 0.311. The van der Waals surface area contributed by atoms with E-state index >= 15 is 0 Å². The second kappa shape index (κ2) is 7.83. The molecule has 1 aliphatic heterocycles. The lowest BCUT2D eigenvalue weighted by Crippen LogP contribution is -2.22. The molecule has 4 N–H and O–H groups in total. The van der Waals surface area contributed by atoms with E-state index in [2.05, 4.69) is 22.0 Å². The summed E-state index contributed by atoms with van der Waals surface area (Å²) in [5.41, 5.74) is 17.1. The van der Waals surface area contributed by atoms with E-state index < -0.39 is 5.92 Å². The summed E-state index contributed by atoms with van der Waals surface area (Å²) in [7, 11) is 3.10. The van der Waals surface area contributed by atoms with Gasteiger partial charge in [-0.25, -0.2) is 9.97 Å². The highest BCUT2D eigenvalue weighted by molar-refractivity contribution is 9.10. The minimum atomic E-state index is -0.615. The number of nitrogens with two attached hydrogens (primary N) is 2. The number of halogens is 1. The zero-order chi connectivity index (χ0) is 23.3. The molecule has 0 spiro atoms. The van der Waals surface area contributed by atoms with Gasteiger partial charge in [-0.1, -0.05) is 12.1 Å². The van der Waals surface area contributed by atoms with Crippen molar-refractivity contribution in [3.63, 3.8) is 0 Å². The molecule has 164 valence electrons. The summed E-state index contributed by atoms with van der Waals surface area (Å²) < 4.78 is 17.5. The summed E-state index contributed by atoms with van der Waals surface area (Å²) in [5, 5.41) is 10.0. The predicted octanol–water partition coefficient (Wildman–Crippen LogP) is 4.36. The van der Waals surface area contributed by atoms with Gasteiger partial charge in [0.1, 0.15) is 11.6 Å². The number of ether oxygens (including phenoxy) is 3. The molecule has 33 heavy (non-hydrogen) atoms. The Morgan fingerprint density at radius 3 is 2.42 bits per heavy atom. The molecule has 4 aromatic rings. The Labute approximate surface area is 197 Å². The number of nitrogen functional groups attached to an aromatic ring is 1. The van der Waals surface area contributed by atoms with E-state index in [0.29, 0.717) is 49.5 Å². The first-order chi connectivity index (χ1) is 16.0. The fraction of sp³-hybridized carbons (Fsp3) is 0.125. The van der Waals surface area contributed by atoms with Crippen LogP contribution in [0.2, 0.25) is 0 Å². The molecule has 0 fully saturated rings. The van der Waals surface area contributed by atoms with Gasteiger partial charge in [-0.2, -0.15) is 5.26 Å². The smallest absolute Gasteiger partial charge is 0.205 e. The second-order valence-corrected chi connectivity index (χ2v) is 8.31. The van der Waals surface area contributed by atoms with Crippen molar-refractivity contribution < 1.29 is 14.2 Å². The van der Waals surface area contributed by atoms with Crippen LogP contribution in [0.5, 0.6) is 17.2 Å². The van der Waals surface area contributed by atoms with E-state index in [1.165, 1.54) is 0 Å². The zero-order valence-corrected chi connectivity index (χ0v) is 19.3. The maximum atomic E-state index is 10.0. The average molecular weight is 504 g/mol. The van der Waals surface area contributed by atoms with Crippen molar-refractivity contribution in [3.8, 4) is 23.3 Å². The van der Waals surface area contributed by atoms with Crippen LogP contribution in [-0.2, 0) is 0 Å². The number of nitrogens with zero attached hydrogens (tertiary/aromatic N) is 3. The normalized spacial score (nSPS) is 15.2. The largest absolute Gasteiger partial charge is 0.493 e. The molecular formula is C24H18BrN5O3. The van der Waals surface area contributed by atoms with E-state index in [-0.39, 0.29) is 11.5 Å².